The van der Waals surface area contributed by atoms with E-state index >= 15 is 0 Å². The quantitative estimate of drug-likeness (QED) is 0.257. The molecule has 3 heteroatoms. The van der Waals surface area contributed by atoms with Crippen molar-refractivity contribution >= 4 is 0 Å². The average Bonchev–Trinajstić information content (AvgIpc) is 2.71. The van der Waals surface area contributed by atoms with Crippen molar-refractivity contribution in [2.75, 3.05) is 21.1 Å². The first-order valence-electron chi connectivity index (χ1n) is 4.59. The molecule has 2 aromatic carbocycles. The van der Waals surface area contributed by atoms with Gasteiger partial charge >= 0.3 is 0 Å². The van der Waals surface area contributed by atoms with Crippen LogP contribution in [0.15, 0.2) is 6.07 Å². The van der Waals surface area contributed by atoms with Crippen molar-refractivity contribution in [2.24, 2.45) is 0 Å². The normalized spacial score (nSPS) is 9.35. The molecule has 2 rings (SSSR count). The van der Waals surface area contributed by atoms with Gasteiger partial charge in [-0.3, -0.25) is 0 Å². The molecule has 0 saturated carbocycles. The number of nitrogens with zero attached hydrogens (tertiary/aromatic N) is 1. The summed E-state index contributed by atoms with van der Waals surface area (Å²) in [6.45, 7) is 0.944. The zero-order valence-electron chi connectivity index (χ0n) is 9.96. The summed E-state index contributed by atoms with van der Waals surface area (Å²) in [7, 11) is 6.40. The number of halogens is 1. The molecule has 0 aliphatic heterocycles. The second-order valence-corrected chi connectivity index (χ2v) is 4.11. The van der Waals surface area contributed by atoms with Crippen molar-refractivity contribution < 1.29 is 45.5 Å². The van der Waals surface area contributed by atoms with Crippen LogP contribution in [0, 0.1) is 48.5 Å². The molecule has 0 aliphatic rings. The fourth-order valence-corrected chi connectivity index (χ4v) is 0.978. The van der Waals surface area contributed by atoms with Gasteiger partial charge in [-0.05, 0) is 0 Å². The maximum absolute atomic E-state index is 2.94. The Labute approximate surface area is 133 Å². The van der Waals surface area contributed by atoms with Gasteiger partial charge in [-0.2, -0.15) is 0 Å². The minimum atomic E-state index is 0. The molecule has 0 N–H and O–H groups in total. The van der Waals surface area contributed by atoms with Gasteiger partial charge in [0.25, 0.3) is 0 Å². The van der Waals surface area contributed by atoms with E-state index in [2.05, 4.69) is 69.7 Å². The number of quaternary nitrogens is 1. The van der Waals surface area contributed by atoms with E-state index < -0.39 is 0 Å². The third-order valence-corrected chi connectivity index (χ3v) is 1.47. The molecule has 0 atom stereocenters. The van der Waals surface area contributed by atoms with Gasteiger partial charge in [0.2, 0.25) is 0 Å². The molecular weight excluding hydrogens is 365 g/mol. The summed E-state index contributed by atoms with van der Waals surface area (Å²) >= 11 is 0. The fourth-order valence-electron chi connectivity index (χ4n) is 0.978. The Balaban J connectivity index is 0. The van der Waals surface area contributed by atoms with Gasteiger partial charge in [0, 0.05) is 17.1 Å². The van der Waals surface area contributed by atoms with Crippen LogP contribution in [0.2, 0.25) is 0 Å². The van der Waals surface area contributed by atoms with Crippen LogP contribution in [-0.2, 0) is 23.6 Å². The Morgan fingerprint density at radius 1 is 0.941 bits per heavy atom. The Hall–Kier alpha value is -0.0905. The van der Waals surface area contributed by atoms with Gasteiger partial charge < -0.3 is 88.6 Å². The molecule has 0 bridgehead atoms. The zero-order valence-corrected chi connectivity index (χ0v) is 13.2. The molecule has 2 aromatic rings. The molecule has 0 spiro atoms. The molecule has 0 heterocycles. The summed E-state index contributed by atoms with van der Waals surface area (Å²) in [6.07, 6.45) is 0. The van der Waals surface area contributed by atoms with Crippen molar-refractivity contribution in [2.45, 2.75) is 6.54 Å². The summed E-state index contributed by atoms with van der Waals surface area (Å²) in [5.74, 6) is 0. The van der Waals surface area contributed by atoms with E-state index in [1.54, 1.807) is 6.07 Å². The van der Waals surface area contributed by atoms with Crippen molar-refractivity contribution in [3.8, 4) is 0 Å². The van der Waals surface area contributed by atoms with Crippen LogP contribution in [0.3, 0.4) is 0 Å². The predicted octanol–water partition coefficient (Wildman–Crippen LogP) is -1.58. The van der Waals surface area contributed by atoms with Gasteiger partial charge in [-0.1, -0.05) is 6.54 Å². The molecule has 0 aromatic heterocycles. The smallest absolute Gasteiger partial charge is 0.0657 e. The first-order chi connectivity index (χ1) is 7.08. The van der Waals surface area contributed by atoms with Gasteiger partial charge in [0.1, 0.15) is 0 Å². The number of hydrogen-bond acceptors (Lipinski definition) is 0. The Morgan fingerprint density at radius 2 is 1.41 bits per heavy atom. The second kappa shape index (κ2) is 9.89. The van der Waals surface area contributed by atoms with Gasteiger partial charge in [0.05, 0.1) is 21.1 Å². The second-order valence-electron chi connectivity index (χ2n) is 4.11. The van der Waals surface area contributed by atoms with E-state index in [1.807, 2.05) is 0 Å². The third kappa shape index (κ3) is 10.8. The molecular formula is C14H12FeIN-10. The molecule has 0 amide bonds. The van der Waals surface area contributed by atoms with Crippen LogP contribution < -0.4 is 24.0 Å². The molecule has 98 valence electrons. The monoisotopic (exact) mass is 377 g/mol. The Kier molecular flexibility index (Phi) is 11.2. The SMILES string of the molecule is C[N+](C)(C)C[c-]1[c-][c-][c-][c-]1.[Fe].[I-].[c-]1[c-][c-][cH-][c-]1. The van der Waals surface area contributed by atoms with Crippen molar-refractivity contribution in [1.82, 2.24) is 0 Å². The first-order valence-corrected chi connectivity index (χ1v) is 4.59. The van der Waals surface area contributed by atoms with E-state index in [0.29, 0.717) is 0 Å². The molecule has 0 aliphatic carbocycles. The average molecular weight is 377 g/mol. The van der Waals surface area contributed by atoms with Gasteiger partial charge in [-0.25, -0.2) is 0 Å². The summed E-state index contributed by atoms with van der Waals surface area (Å²) < 4.78 is 0.901. The van der Waals surface area contributed by atoms with Crippen LogP contribution >= 0.6 is 0 Å². The van der Waals surface area contributed by atoms with Crippen LogP contribution in [0.5, 0.6) is 0 Å². The molecule has 0 unspecified atom stereocenters. The predicted molar refractivity (Wildman–Crippen MR) is 56.5 cm³/mol. The molecule has 0 saturated heterocycles. The summed E-state index contributed by atoms with van der Waals surface area (Å²) in [6, 6.07) is 23.4. The van der Waals surface area contributed by atoms with Gasteiger partial charge in [-0.15, -0.1) is 0 Å². The van der Waals surface area contributed by atoms with Crippen LogP contribution in [0.1, 0.15) is 5.56 Å². The Morgan fingerprint density at radius 3 is 1.71 bits per heavy atom. The maximum Gasteiger partial charge on any atom is 0.0657 e. The van der Waals surface area contributed by atoms with Crippen molar-refractivity contribution in [3.05, 3.63) is 60.2 Å². The van der Waals surface area contributed by atoms with Crippen molar-refractivity contribution in [3.63, 3.8) is 0 Å². The van der Waals surface area contributed by atoms with E-state index in [9.17, 15) is 0 Å². The summed E-state index contributed by atoms with van der Waals surface area (Å²) in [5.41, 5.74) is 1.06. The summed E-state index contributed by atoms with van der Waals surface area (Å²) in [4.78, 5) is 0. The Bertz CT molecular complexity index is 315. The number of hydrogen-bond donors (Lipinski definition) is 0. The van der Waals surface area contributed by atoms with Gasteiger partial charge in [0.15, 0.2) is 0 Å². The first kappa shape index (κ1) is 19.3. The third-order valence-electron chi connectivity index (χ3n) is 1.47. The van der Waals surface area contributed by atoms with Crippen LogP contribution in [0.4, 0.5) is 0 Å². The van der Waals surface area contributed by atoms with E-state index in [0.717, 1.165) is 16.6 Å². The standard InChI is InChI=1S/C9H11N.C5H.Fe.HI/c1-10(2,3)8-9-6-4-5-7-9;1-2-4-5-3-1;;/h8H2,1-3H3;1H;;1H/q-4;-5;;/p-1. The molecule has 0 fully saturated rings. The van der Waals surface area contributed by atoms with Crippen molar-refractivity contribution in [1.29, 1.82) is 0 Å². The van der Waals surface area contributed by atoms with E-state index in [-0.39, 0.29) is 41.0 Å². The number of rotatable bonds is 2. The van der Waals surface area contributed by atoms with Crippen LogP contribution in [0.25, 0.3) is 0 Å². The summed E-state index contributed by atoms with van der Waals surface area (Å²) in [5, 5.41) is 0. The van der Waals surface area contributed by atoms with E-state index in [1.165, 1.54) is 0 Å². The molecule has 17 heavy (non-hydrogen) atoms. The van der Waals surface area contributed by atoms with E-state index in [4.69, 9.17) is 0 Å². The minimum Gasteiger partial charge on any atom is -1.00 e. The minimum absolute atomic E-state index is 0. The fraction of sp³-hybridized carbons (Fsp3) is 0.286. The largest absolute Gasteiger partial charge is 1.00 e. The topological polar surface area (TPSA) is 0 Å². The molecule has 1 nitrogen and oxygen atoms in total. The zero-order chi connectivity index (χ0) is 11.1. The van der Waals surface area contributed by atoms with Crippen LogP contribution in [-0.4, -0.2) is 25.6 Å². The maximum atomic E-state index is 2.94. The molecule has 0 radical (unpaired) electrons.